The van der Waals surface area contributed by atoms with E-state index in [1.54, 1.807) is 0 Å². The molecule has 3 heteroatoms. The summed E-state index contributed by atoms with van der Waals surface area (Å²) in [6.07, 6.45) is 3.84. The predicted octanol–water partition coefficient (Wildman–Crippen LogP) is 6.71. The number of nitrogens with one attached hydrogen (secondary N) is 1. The van der Waals surface area contributed by atoms with Gasteiger partial charge in [0.2, 0.25) is 0 Å². The van der Waals surface area contributed by atoms with Gasteiger partial charge in [-0.1, -0.05) is 128 Å². The minimum atomic E-state index is -0.433. The first-order valence-electron chi connectivity index (χ1n) is 13.2. The van der Waals surface area contributed by atoms with E-state index in [2.05, 4.69) is 134 Å². The second-order valence-corrected chi connectivity index (χ2v) is 12.4. The standard InChI is InChI=1S/C33H37N2P/c1-25(35-33(27-17-8-3-9-18-27)32(34)26-15-6-2-7-16-26)30-23-14-24-31(30)36(28-19-10-4-11-20-28)29-21-12-5-13-22-29/h2-13,15-22,25,30-33,35H,14,23-24,34H2,1H3/t25-,30+,31?,32+,33+/m1/s1. The van der Waals surface area contributed by atoms with Crippen molar-refractivity contribution in [2.45, 2.75) is 50.0 Å². The van der Waals surface area contributed by atoms with E-state index in [-0.39, 0.29) is 12.1 Å². The molecule has 0 aromatic heterocycles. The molecule has 0 spiro atoms. The Morgan fingerprint density at radius 1 is 0.667 bits per heavy atom. The molecular formula is C33H37N2P. The van der Waals surface area contributed by atoms with Gasteiger partial charge in [0, 0.05) is 12.1 Å². The molecule has 1 fully saturated rings. The molecule has 5 atom stereocenters. The molecule has 3 N–H and O–H groups in total. The topological polar surface area (TPSA) is 38.0 Å². The highest BCUT2D eigenvalue weighted by Crippen LogP contribution is 2.51. The predicted molar refractivity (Wildman–Crippen MR) is 155 cm³/mol. The molecule has 0 heterocycles. The van der Waals surface area contributed by atoms with Gasteiger partial charge in [0.05, 0.1) is 6.04 Å². The van der Waals surface area contributed by atoms with Crippen LogP contribution in [0.5, 0.6) is 0 Å². The van der Waals surface area contributed by atoms with Crippen LogP contribution in [-0.4, -0.2) is 11.7 Å². The van der Waals surface area contributed by atoms with Crippen molar-refractivity contribution < 1.29 is 0 Å². The summed E-state index contributed by atoms with van der Waals surface area (Å²) >= 11 is 0. The Balaban J connectivity index is 1.44. The molecule has 0 radical (unpaired) electrons. The lowest BCUT2D eigenvalue weighted by molar-refractivity contribution is 0.322. The summed E-state index contributed by atoms with van der Waals surface area (Å²) < 4.78 is 0. The molecule has 0 aliphatic heterocycles. The minimum absolute atomic E-state index is 0.0597. The maximum absolute atomic E-state index is 6.94. The van der Waals surface area contributed by atoms with Gasteiger partial charge in [-0.25, -0.2) is 0 Å². The zero-order valence-electron chi connectivity index (χ0n) is 21.1. The first-order chi connectivity index (χ1) is 17.7. The van der Waals surface area contributed by atoms with Gasteiger partial charge in [0.15, 0.2) is 0 Å². The highest BCUT2D eigenvalue weighted by Gasteiger charge is 2.39. The normalized spacial score (nSPS) is 20.2. The maximum atomic E-state index is 6.94. The highest BCUT2D eigenvalue weighted by molar-refractivity contribution is 7.73. The second-order valence-electron chi connectivity index (χ2n) is 9.98. The summed E-state index contributed by atoms with van der Waals surface area (Å²) in [7, 11) is -0.433. The maximum Gasteiger partial charge on any atom is 0.0518 e. The summed E-state index contributed by atoms with van der Waals surface area (Å²) in [5.41, 5.74) is 10.0. The molecule has 1 unspecified atom stereocenters. The van der Waals surface area contributed by atoms with Crippen molar-refractivity contribution in [2.75, 3.05) is 0 Å². The quantitative estimate of drug-likeness (QED) is 0.255. The van der Waals surface area contributed by atoms with Crippen molar-refractivity contribution >= 4 is 18.5 Å². The van der Waals surface area contributed by atoms with Crippen molar-refractivity contribution in [1.82, 2.24) is 5.32 Å². The third-order valence-corrected chi connectivity index (χ3v) is 10.7. The SMILES string of the molecule is C[C@@H](N[C@@H](c1ccccc1)[C@@H](N)c1ccccc1)[C@@H]1CCCC1P(c1ccccc1)c1ccccc1. The molecule has 1 aliphatic carbocycles. The number of hydrogen-bond acceptors (Lipinski definition) is 2. The molecule has 2 nitrogen and oxygen atoms in total. The van der Waals surface area contributed by atoms with E-state index in [9.17, 15) is 0 Å². The molecule has 1 saturated carbocycles. The molecule has 36 heavy (non-hydrogen) atoms. The van der Waals surface area contributed by atoms with Crippen LogP contribution >= 0.6 is 7.92 Å². The molecule has 184 valence electrons. The summed E-state index contributed by atoms with van der Waals surface area (Å²) in [5, 5.41) is 7.03. The number of nitrogens with two attached hydrogens (primary N) is 1. The Bertz CT molecular complexity index is 1140. The summed E-state index contributed by atoms with van der Waals surface area (Å²) in [6, 6.07) is 44.0. The molecule has 0 saturated heterocycles. The Morgan fingerprint density at radius 2 is 1.14 bits per heavy atom. The molecule has 4 aromatic rings. The fourth-order valence-electron chi connectivity index (χ4n) is 5.92. The Morgan fingerprint density at radius 3 is 1.67 bits per heavy atom. The van der Waals surface area contributed by atoms with Gasteiger partial charge in [-0.05, 0) is 61.0 Å². The number of benzene rings is 4. The van der Waals surface area contributed by atoms with Crippen LogP contribution in [-0.2, 0) is 0 Å². The third-order valence-electron chi connectivity index (χ3n) is 7.72. The van der Waals surface area contributed by atoms with Gasteiger partial charge < -0.3 is 11.1 Å². The molecule has 0 amide bonds. The zero-order chi connectivity index (χ0) is 24.7. The van der Waals surface area contributed by atoms with Crippen molar-refractivity contribution in [2.24, 2.45) is 11.7 Å². The van der Waals surface area contributed by atoms with Gasteiger partial charge in [-0.15, -0.1) is 0 Å². The van der Waals surface area contributed by atoms with Crippen LogP contribution in [0.3, 0.4) is 0 Å². The largest absolute Gasteiger partial charge is 0.322 e. The van der Waals surface area contributed by atoms with Crippen LogP contribution in [0, 0.1) is 5.92 Å². The zero-order valence-corrected chi connectivity index (χ0v) is 22.0. The van der Waals surface area contributed by atoms with E-state index in [1.807, 2.05) is 0 Å². The molecule has 5 rings (SSSR count). The first kappa shape index (κ1) is 24.9. The van der Waals surface area contributed by atoms with Crippen LogP contribution in [0.2, 0.25) is 0 Å². The third kappa shape index (κ3) is 5.62. The summed E-state index contributed by atoms with van der Waals surface area (Å²) in [6.45, 7) is 2.39. The minimum Gasteiger partial charge on any atom is -0.322 e. The monoisotopic (exact) mass is 492 g/mol. The average molecular weight is 493 g/mol. The van der Waals surface area contributed by atoms with Crippen LogP contribution < -0.4 is 21.7 Å². The lowest BCUT2D eigenvalue weighted by Gasteiger charge is -2.37. The second kappa shape index (κ2) is 12.0. The lowest BCUT2D eigenvalue weighted by atomic mass is 9.91. The summed E-state index contributed by atoms with van der Waals surface area (Å²) in [5.74, 6) is 0.603. The Hall–Kier alpha value is -2.77. The van der Waals surface area contributed by atoms with E-state index < -0.39 is 7.92 Å². The van der Waals surface area contributed by atoms with E-state index >= 15 is 0 Å². The number of hydrogen-bond donors (Lipinski definition) is 2. The van der Waals surface area contributed by atoms with Crippen molar-refractivity contribution in [1.29, 1.82) is 0 Å². The van der Waals surface area contributed by atoms with Crippen LogP contribution in [0.1, 0.15) is 49.4 Å². The number of rotatable bonds is 9. The van der Waals surface area contributed by atoms with E-state index in [4.69, 9.17) is 5.73 Å². The first-order valence-corrected chi connectivity index (χ1v) is 14.6. The van der Waals surface area contributed by atoms with Crippen LogP contribution in [0.15, 0.2) is 121 Å². The molecule has 0 bridgehead atoms. The van der Waals surface area contributed by atoms with Crippen LogP contribution in [0.4, 0.5) is 0 Å². The van der Waals surface area contributed by atoms with Gasteiger partial charge in [0.1, 0.15) is 0 Å². The van der Waals surface area contributed by atoms with Crippen molar-refractivity contribution in [3.05, 3.63) is 132 Å². The molecule has 4 aromatic carbocycles. The van der Waals surface area contributed by atoms with Gasteiger partial charge in [-0.2, -0.15) is 0 Å². The summed E-state index contributed by atoms with van der Waals surface area (Å²) in [4.78, 5) is 0. The van der Waals surface area contributed by atoms with E-state index in [0.29, 0.717) is 17.6 Å². The highest BCUT2D eigenvalue weighted by atomic mass is 31.1. The molecular weight excluding hydrogens is 455 g/mol. The van der Waals surface area contributed by atoms with Gasteiger partial charge in [0.25, 0.3) is 0 Å². The fourth-order valence-corrected chi connectivity index (χ4v) is 9.21. The van der Waals surface area contributed by atoms with E-state index in [0.717, 1.165) is 0 Å². The van der Waals surface area contributed by atoms with Gasteiger partial charge >= 0.3 is 0 Å². The van der Waals surface area contributed by atoms with E-state index in [1.165, 1.54) is 41.0 Å². The lowest BCUT2D eigenvalue weighted by Crippen LogP contribution is -2.43. The van der Waals surface area contributed by atoms with Gasteiger partial charge in [-0.3, -0.25) is 0 Å². The Kier molecular flexibility index (Phi) is 8.29. The molecule has 1 aliphatic rings. The van der Waals surface area contributed by atoms with Crippen molar-refractivity contribution in [3.8, 4) is 0 Å². The smallest absolute Gasteiger partial charge is 0.0518 e. The van der Waals surface area contributed by atoms with Crippen molar-refractivity contribution in [3.63, 3.8) is 0 Å². The van der Waals surface area contributed by atoms with Crippen LogP contribution in [0.25, 0.3) is 0 Å². The average Bonchev–Trinajstić information content (AvgIpc) is 3.43. The Labute approximate surface area is 217 Å². The fraction of sp³-hybridized carbons (Fsp3) is 0.273.